The van der Waals surface area contributed by atoms with Crippen molar-refractivity contribution in [2.45, 2.75) is 30.6 Å². The predicted octanol–water partition coefficient (Wildman–Crippen LogP) is 2.08. The second-order valence-electron chi connectivity index (χ2n) is 8.97. The maximum absolute atomic E-state index is 13.6. The molecular weight excluding hydrogens is 470 g/mol. The average Bonchev–Trinajstić information content (AvgIpc) is 2.89. The Bertz CT molecular complexity index is 1240. The molecule has 0 N–H and O–H groups in total. The summed E-state index contributed by atoms with van der Waals surface area (Å²) in [5.41, 5.74) is 3.10. The highest BCUT2D eigenvalue weighted by molar-refractivity contribution is 7.89. The molecule has 2 amide bonds. The predicted molar refractivity (Wildman–Crippen MR) is 130 cm³/mol. The lowest BCUT2D eigenvalue weighted by Crippen LogP contribution is -2.50. The zero-order valence-corrected chi connectivity index (χ0v) is 20.8. The zero-order valence-electron chi connectivity index (χ0n) is 20.0. The van der Waals surface area contributed by atoms with Crippen LogP contribution in [0.15, 0.2) is 35.2 Å². The van der Waals surface area contributed by atoms with Gasteiger partial charge in [0.1, 0.15) is 17.1 Å². The molecule has 0 bridgehead atoms. The maximum Gasteiger partial charge on any atom is 0.261 e. The van der Waals surface area contributed by atoms with Crippen LogP contribution in [-0.4, -0.2) is 76.4 Å². The molecule has 3 heterocycles. The lowest BCUT2D eigenvalue weighted by Gasteiger charge is -2.37. The molecule has 1 fully saturated rings. The van der Waals surface area contributed by atoms with Gasteiger partial charge in [-0.15, -0.1) is 0 Å². The van der Waals surface area contributed by atoms with Crippen LogP contribution in [0.25, 0.3) is 0 Å². The van der Waals surface area contributed by atoms with Crippen molar-refractivity contribution < 1.29 is 27.5 Å². The van der Waals surface area contributed by atoms with Gasteiger partial charge in [0, 0.05) is 39.1 Å². The minimum Gasteiger partial charge on any atom is -0.496 e. The van der Waals surface area contributed by atoms with E-state index in [1.807, 2.05) is 4.90 Å². The van der Waals surface area contributed by atoms with Crippen LogP contribution >= 0.6 is 0 Å². The highest BCUT2D eigenvalue weighted by Gasteiger charge is 2.35. The number of methoxy groups -OCH3 is 2. The molecule has 0 unspecified atom stereocenters. The van der Waals surface area contributed by atoms with Crippen molar-refractivity contribution in [3.05, 3.63) is 47.0 Å². The van der Waals surface area contributed by atoms with Crippen molar-refractivity contribution in [2.24, 2.45) is 0 Å². The molecule has 186 valence electrons. The van der Waals surface area contributed by atoms with E-state index in [-0.39, 0.29) is 42.9 Å². The van der Waals surface area contributed by atoms with E-state index < -0.39 is 10.0 Å². The summed E-state index contributed by atoms with van der Waals surface area (Å²) in [5, 5.41) is 0. The summed E-state index contributed by atoms with van der Waals surface area (Å²) in [6.07, 6.45) is 2.56. The number of aryl methyl sites for hydroxylation is 2. The number of anilines is 1. The molecule has 0 radical (unpaired) electrons. The van der Waals surface area contributed by atoms with Gasteiger partial charge < -0.3 is 19.3 Å². The van der Waals surface area contributed by atoms with Crippen molar-refractivity contribution in [3.8, 4) is 11.5 Å². The third kappa shape index (κ3) is 4.04. The van der Waals surface area contributed by atoms with Crippen LogP contribution in [0, 0.1) is 0 Å². The van der Waals surface area contributed by atoms with Gasteiger partial charge in [0.25, 0.3) is 5.91 Å². The molecule has 2 aromatic rings. The Labute approximate surface area is 205 Å². The number of sulfonamides is 1. The van der Waals surface area contributed by atoms with Gasteiger partial charge in [0.15, 0.2) is 0 Å². The Morgan fingerprint density at radius 2 is 1.51 bits per heavy atom. The molecule has 0 aliphatic carbocycles. The Morgan fingerprint density at radius 3 is 2.14 bits per heavy atom. The largest absolute Gasteiger partial charge is 0.496 e. The van der Waals surface area contributed by atoms with Gasteiger partial charge in [-0.3, -0.25) is 9.59 Å². The number of carbonyl (C=O) groups excluding carboxylic acids is 2. The molecule has 0 saturated carbocycles. The minimum atomic E-state index is -3.73. The van der Waals surface area contributed by atoms with E-state index in [9.17, 15) is 18.0 Å². The number of ether oxygens (including phenoxy) is 2. The molecule has 0 atom stereocenters. The normalized spacial score (nSPS) is 18.3. The van der Waals surface area contributed by atoms with Crippen molar-refractivity contribution in [1.82, 2.24) is 9.21 Å². The highest BCUT2D eigenvalue weighted by Crippen LogP contribution is 2.38. The molecular formula is C25H29N3O6S. The van der Waals surface area contributed by atoms with Crippen molar-refractivity contribution in [2.75, 3.05) is 51.8 Å². The number of benzene rings is 2. The minimum absolute atomic E-state index is 0.113. The van der Waals surface area contributed by atoms with Crippen molar-refractivity contribution >= 4 is 27.5 Å². The fraction of sp³-hybridized carbons (Fsp3) is 0.440. The molecule has 1 saturated heterocycles. The highest BCUT2D eigenvalue weighted by atomic mass is 32.2. The topological polar surface area (TPSA) is 96.5 Å². The van der Waals surface area contributed by atoms with Crippen molar-refractivity contribution in [3.63, 3.8) is 0 Å². The standard InChI is InChI=1S/C25H29N3O6S/c1-33-20-6-3-7-21(34-2)23(20)25(30)26-11-13-27(14-12-26)35(31,32)19-15-17-5-4-10-28-22(29)9-8-18(16-19)24(17)28/h3,6-7,15-16H,4-5,8-14H2,1-2H3. The lowest BCUT2D eigenvalue weighted by atomic mass is 9.92. The summed E-state index contributed by atoms with van der Waals surface area (Å²) >= 11 is 0. The summed E-state index contributed by atoms with van der Waals surface area (Å²) in [7, 11) is -0.738. The second kappa shape index (κ2) is 9.16. The van der Waals surface area contributed by atoms with Crippen LogP contribution in [0.4, 0.5) is 5.69 Å². The lowest BCUT2D eigenvalue weighted by molar-refractivity contribution is -0.119. The molecule has 2 aromatic carbocycles. The van der Waals surface area contributed by atoms with Gasteiger partial charge in [-0.1, -0.05) is 6.07 Å². The molecule has 5 rings (SSSR count). The van der Waals surface area contributed by atoms with Crippen molar-refractivity contribution in [1.29, 1.82) is 0 Å². The van der Waals surface area contributed by atoms with Gasteiger partial charge in [-0.25, -0.2) is 8.42 Å². The van der Waals surface area contributed by atoms with Crippen LogP contribution in [0.5, 0.6) is 11.5 Å². The number of rotatable bonds is 5. The Hall–Kier alpha value is -3.11. The Kier molecular flexibility index (Phi) is 6.18. The second-order valence-corrected chi connectivity index (χ2v) is 10.9. The molecule has 35 heavy (non-hydrogen) atoms. The summed E-state index contributed by atoms with van der Waals surface area (Å²) in [6.45, 7) is 1.61. The van der Waals surface area contributed by atoms with Gasteiger partial charge in [-0.05, 0) is 54.7 Å². The smallest absolute Gasteiger partial charge is 0.261 e. The number of amides is 2. The Morgan fingerprint density at radius 1 is 0.886 bits per heavy atom. The third-order valence-electron chi connectivity index (χ3n) is 7.05. The van der Waals surface area contributed by atoms with E-state index in [0.29, 0.717) is 36.4 Å². The maximum atomic E-state index is 13.6. The van der Waals surface area contributed by atoms with E-state index in [4.69, 9.17) is 9.47 Å². The van der Waals surface area contributed by atoms with E-state index >= 15 is 0 Å². The monoisotopic (exact) mass is 499 g/mol. The summed E-state index contributed by atoms with van der Waals surface area (Å²) in [6, 6.07) is 8.62. The summed E-state index contributed by atoms with van der Waals surface area (Å²) in [5.74, 6) is 0.695. The first-order valence-corrected chi connectivity index (χ1v) is 13.3. The number of nitrogens with zero attached hydrogens (tertiary/aromatic N) is 3. The first-order chi connectivity index (χ1) is 16.8. The van der Waals surface area contributed by atoms with Crippen LogP contribution in [0.3, 0.4) is 0 Å². The third-order valence-corrected chi connectivity index (χ3v) is 8.93. The van der Waals surface area contributed by atoms with Crippen LogP contribution in [0.1, 0.15) is 34.3 Å². The summed E-state index contributed by atoms with van der Waals surface area (Å²) in [4.78, 5) is 29.3. The molecule has 9 nitrogen and oxygen atoms in total. The number of piperazine rings is 1. The number of carbonyl (C=O) groups is 2. The van der Waals surface area contributed by atoms with Crippen LogP contribution in [-0.2, 0) is 27.7 Å². The molecule has 3 aliphatic rings. The molecule has 3 aliphatic heterocycles. The fourth-order valence-electron chi connectivity index (χ4n) is 5.27. The molecule has 0 aromatic heterocycles. The van der Waals surface area contributed by atoms with Gasteiger partial charge in [0.05, 0.1) is 24.8 Å². The average molecular weight is 500 g/mol. The van der Waals surface area contributed by atoms with E-state index in [1.54, 1.807) is 35.2 Å². The number of hydrogen-bond donors (Lipinski definition) is 0. The first-order valence-electron chi connectivity index (χ1n) is 11.8. The SMILES string of the molecule is COc1cccc(OC)c1C(=O)N1CCN(S(=O)(=O)c2cc3c4c(c2)CCC(=O)N4CCC3)CC1. The fourth-order valence-corrected chi connectivity index (χ4v) is 6.80. The quantitative estimate of drug-likeness (QED) is 0.625. The zero-order chi connectivity index (χ0) is 24.7. The van der Waals surface area contributed by atoms with Gasteiger partial charge in [0.2, 0.25) is 15.9 Å². The first kappa shape index (κ1) is 23.6. The van der Waals surface area contributed by atoms with Gasteiger partial charge >= 0.3 is 0 Å². The van der Waals surface area contributed by atoms with Crippen LogP contribution in [0.2, 0.25) is 0 Å². The van der Waals surface area contributed by atoms with E-state index in [2.05, 4.69) is 0 Å². The Balaban J connectivity index is 1.36. The molecule has 10 heteroatoms. The number of hydrogen-bond acceptors (Lipinski definition) is 6. The van der Waals surface area contributed by atoms with E-state index in [0.717, 1.165) is 29.7 Å². The molecule has 0 spiro atoms. The van der Waals surface area contributed by atoms with Crippen LogP contribution < -0.4 is 14.4 Å². The van der Waals surface area contributed by atoms with E-state index in [1.165, 1.54) is 18.5 Å². The summed E-state index contributed by atoms with van der Waals surface area (Å²) < 4.78 is 39.3. The van der Waals surface area contributed by atoms with Gasteiger partial charge in [-0.2, -0.15) is 4.31 Å².